The Morgan fingerprint density at radius 1 is 1.33 bits per heavy atom. The van der Waals surface area contributed by atoms with Gasteiger partial charge in [-0.1, -0.05) is 5.16 Å². The monoisotopic (exact) mass is 342 g/mol. The summed E-state index contributed by atoms with van der Waals surface area (Å²) in [6.45, 7) is 6.99. The third-order valence-electron chi connectivity index (χ3n) is 3.60. The van der Waals surface area contributed by atoms with Crippen LogP contribution in [0.5, 0.6) is 0 Å². The van der Waals surface area contributed by atoms with Gasteiger partial charge in [-0.2, -0.15) is 0 Å². The van der Waals surface area contributed by atoms with Crippen LogP contribution >= 0.6 is 0 Å². The second-order valence-corrected chi connectivity index (χ2v) is 6.46. The number of ether oxygens (including phenoxy) is 3. The quantitative estimate of drug-likeness (QED) is 0.558. The van der Waals surface area contributed by atoms with Crippen molar-refractivity contribution in [3.05, 3.63) is 0 Å². The summed E-state index contributed by atoms with van der Waals surface area (Å²) in [4.78, 5) is 42.9. The molecule has 0 aliphatic carbocycles. The van der Waals surface area contributed by atoms with Crippen molar-refractivity contribution in [2.75, 3.05) is 13.7 Å². The molecular formula is C15H22N2O7. The molecule has 134 valence electrons. The van der Waals surface area contributed by atoms with Gasteiger partial charge in [0.1, 0.15) is 11.6 Å². The fourth-order valence-electron chi connectivity index (χ4n) is 2.68. The Morgan fingerprint density at radius 3 is 2.54 bits per heavy atom. The Morgan fingerprint density at radius 2 is 2.00 bits per heavy atom. The average Bonchev–Trinajstić information content (AvgIpc) is 3.02. The lowest BCUT2D eigenvalue weighted by atomic mass is 9.99. The molecule has 2 rings (SSSR count). The normalized spacial score (nSPS) is 25.5. The van der Waals surface area contributed by atoms with Crippen LogP contribution in [0.3, 0.4) is 0 Å². The summed E-state index contributed by atoms with van der Waals surface area (Å²) in [5.41, 5.74) is -0.693. The zero-order valence-electron chi connectivity index (χ0n) is 14.4. The molecule has 9 nitrogen and oxygen atoms in total. The molecule has 1 saturated heterocycles. The molecule has 0 radical (unpaired) electrons. The van der Waals surface area contributed by atoms with E-state index in [2.05, 4.69) is 5.16 Å². The first-order valence-corrected chi connectivity index (χ1v) is 7.69. The fourth-order valence-corrected chi connectivity index (χ4v) is 2.68. The number of amides is 1. The van der Waals surface area contributed by atoms with Crippen LogP contribution in [0, 0.1) is 5.92 Å². The van der Waals surface area contributed by atoms with Gasteiger partial charge in [0.25, 0.3) is 0 Å². The number of carbonyl (C=O) groups is 3. The Balaban J connectivity index is 2.24. The lowest BCUT2D eigenvalue weighted by Crippen LogP contribution is -2.48. The van der Waals surface area contributed by atoms with Crippen molar-refractivity contribution in [1.82, 2.24) is 4.90 Å². The second kappa shape index (κ2) is 6.66. The van der Waals surface area contributed by atoms with Crippen LogP contribution in [0.15, 0.2) is 5.16 Å². The molecule has 24 heavy (non-hydrogen) atoms. The lowest BCUT2D eigenvalue weighted by molar-refractivity contribution is -0.149. The fraction of sp³-hybridized carbons (Fsp3) is 0.733. The van der Waals surface area contributed by atoms with Gasteiger partial charge in [0.15, 0.2) is 5.71 Å². The number of hydrogen-bond donors (Lipinski definition) is 0. The summed E-state index contributed by atoms with van der Waals surface area (Å²) in [5.74, 6) is -1.80. The summed E-state index contributed by atoms with van der Waals surface area (Å²) in [6.07, 6.45) is -1.48. The SMILES string of the molecule is CCOC(=O)C1=NO[C@H]2[C@@H]1C[C@@H](C(=O)OC)N2C(=O)OC(C)(C)C. The minimum Gasteiger partial charge on any atom is -0.467 e. The van der Waals surface area contributed by atoms with Crippen molar-refractivity contribution in [3.63, 3.8) is 0 Å². The summed E-state index contributed by atoms with van der Waals surface area (Å²) in [6, 6.07) is -0.917. The van der Waals surface area contributed by atoms with Crippen LogP contribution in [-0.4, -0.2) is 60.2 Å². The standard InChI is InChI=1S/C15H22N2O7/c1-6-22-13(19)10-8-7-9(12(18)21-5)17(11(8)24-16-10)14(20)23-15(2,3)4/h8-9,11H,6-7H2,1-5H3/t8-,9+,11+/m1/s1. The molecule has 0 aromatic heterocycles. The molecule has 9 heteroatoms. The molecule has 0 aromatic carbocycles. The van der Waals surface area contributed by atoms with Crippen LogP contribution in [0.4, 0.5) is 4.79 Å². The van der Waals surface area contributed by atoms with E-state index in [1.807, 2.05) is 0 Å². The zero-order chi connectivity index (χ0) is 18.1. The maximum absolute atomic E-state index is 12.5. The number of carbonyl (C=O) groups excluding carboxylic acids is 3. The van der Waals surface area contributed by atoms with Crippen LogP contribution in [0.1, 0.15) is 34.1 Å². The largest absolute Gasteiger partial charge is 0.467 e. The Hall–Kier alpha value is -2.32. The molecule has 2 heterocycles. The highest BCUT2D eigenvalue weighted by atomic mass is 16.7. The Kier molecular flexibility index (Phi) is 5.00. The first-order valence-electron chi connectivity index (χ1n) is 7.69. The third kappa shape index (κ3) is 3.44. The Labute approximate surface area is 139 Å². The van der Waals surface area contributed by atoms with E-state index in [-0.39, 0.29) is 18.7 Å². The molecular weight excluding hydrogens is 320 g/mol. The van der Waals surface area contributed by atoms with E-state index in [1.54, 1.807) is 27.7 Å². The third-order valence-corrected chi connectivity index (χ3v) is 3.60. The first kappa shape index (κ1) is 18.0. The Bertz CT molecular complexity index is 567. The minimum atomic E-state index is -0.917. The number of likely N-dealkylation sites (tertiary alicyclic amines) is 1. The molecule has 0 bridgehead atoms. The number of methoxy groups -OCH3 is 1. The van der Waals surface area contributed by atoms with Gasteiger partial charge < -0.3 is 19.0 Å². The van der Waals surface area contributed by atoms with Gasteiger partial charge in [-0.3, -0.25) is 4.90 Å². The van der Waals surface area contributed by atoms with Gasteiger partial charge in [0.2, 0.25) is 6.23 Å². The average molecular weight is 342 g/mol. The summed E-state index contributed by atoms with van der Waals surface area (Å²) in [7, 11) is 1.23. The predicted octanol–water partition coefficient (Wildman–Crippen LogP) is 1.06. The number of nitrogens with zero attached hydrogens (tertiary/aromatic N) is 2. The number of hydrogen-bond acceptors (Lipinski definition) is 8. The van der Waals surface area contributed by atoms with E-state index < -0.39 is 41.8 Å². The smallest absolute Gasteiger partial charge is 0.414 e. The molecule has 0 N–H and O–H groups in total. The number of oxime groups is 1. The van der Waals surface area contributed by atoms with Gasteiger partial charge >= 0.3 is 18.0 Å². The maximum atomic E-state index is 12.5. The molecule has 0 spiro atoms. The van der Waals surface area contributed by atoms with Crippen molar-refractivity contribution in [2.45, 2.75) is 52.0 Å². The topological polar surface area (TPSA) is 104 Å². The van der Waals surface area contributed by atoms with Gasteiger partial charge in [-0.15, -0.1) is 0 Å². The molecule has 3 atom stereocenters. The van der Waals surface area contributed by atoms with Crippen molar-refractivity contribution in [3.8, 4) is 0 Å². The van der Waals surface area contributed by atoms with E-state index in [0.717, 1.165) is 4.90 Å². The zero-order valence-corrected chi connectivity index (χ0v) is 14.4. The van der Waals surface area contributed by atoms with Crippen molar-refractivity contribution in [2.24, 2.45) is 11.1 Å². The van der Waals surface area contributed by atoms with Crippen LogP contribution in [0.2, 0.25) is 0 Å². The van der Waals surface area contributed by atoms with Crippen LogP contribution in [-0.2, 0) is 28.6 Å². The number of fused-ring (bicyclic) bond motifs is 1. The molecule has 1 fully saturated rings. The van der Waals surface area contributed by atoms with Gasteiger partial charge in [-0.25, -0.2) is 14.4 Å². The molecule has 0 saturated carbocycles. The van der Waals surface area contributed by atoms with Crippen molar-refractivity contribution in [1.29, 1.82) is 0 Å². The molecule has 2 aliphatic heterocycles. The van der Waals surface area contributed by atoms with Crippen molar-refractivity contribution >= 4 is 23.7 Å². The van der Waals surface area contributed by atoms with Gasteiger partial charge in [-0.05, 0) is 34.1 Å². The maximum Gasteiger partial charge on any atom is 0.414 e. The summed E-state index contributed by atoms with van der Waals surface area (Å²) in [5, 5.41) is 3.73. The minimum absolute atomic E-state index is 0.0572. The van der Waals surface area contributed by atoms with Crippen LogP contribution in [0.25, 0.3) is 0 Å². The number of esters is 2. The highest BCUT2D eigenvalue weighted by Crippen LogP contribution is 2.37. The van der Waals surface area contributed by atoms with E-state index in [1.165, 1.54) is 7.11 Å². The second-order valence-electron chi connectivity index (χ2n) is 6.46. The van der Waals surface area contributed by atoms with Gasteiger partial charge in [0.05, 0.1) is 19.6 Å². The summed E-state index contributed by atoms with van der Waals surface area (Å²) < 4.78 is 15.0. The highest BCUT2D eigenvalue weighted by Gasteiger charge is 2.56. The van der Waals surface area contributed by atoms with Gasteiger partial charge in [0, 0.05) is 0 Å². The summed E-state index contributed by atoms with van der Waals surface area (Å²) >= 11 is 0. The lowest BCUT2D eigenvalue weighted by Gasteiger charge is -2.29. The molecule has 0 unspecified atom stereocenters. The molecule has 2 aliphatic rings. The molecule has 0 aromatic rings. The first-order chi connectivity index (χ1) is 11.2. The van der Waals surface area contributed by atoms with Crippen molar-refractivity contribution < 1.29 is 33.4 Å². The van der Waals surface area contributed by atoms with E-state index in [9.17, 15) is 14.4 Å². The number of rotatable bonds is 3. The van der Waals surface area contributed by atoms with E-state index in [0.29, 0.717) is 0 Å². The highest BCUT2D eigenvalue weighted by molar-refractivity contribution is 6.37. The van der Waals surface area contributed by atoms with E-state index >= 15 is 0 Å². The van der Waals surface area contributed by atoms with E-state index in [4.69, 9.17) is 19.0 Å². The molecule has 1 amide bonds. The van der Waals surface area contributed by atoms with Crippen LogP contribution < -0.4 is 0 Å². The predicted molar refractivity (Wildman–Crippen MR) is 80.9 cm³/mol.